The van der Waals surface area contributed by atoms with Crippen molar-refractivity contribution in [3.05, 3.63) is 18.1 Å². The van der Waals surface area contributed by atoms with Crippen LogP contribution in [-0.4, -0.2) is 44.3 Å². The van der Waals surface area contributed by atoms with E-state index >= 15 is 0 Å². The lowest BCUT2D eigenvalue weighted by Gasteiger charge is -2.33. The number of hydrogen-bond donors (Lipinski definition) is 1. The molecule has 0 unspecified atom stereocenters. The molecule has 1 aliphatic rings. The largest absolute Gasteiger partial charge is 0.356 e. The van der Waals surface area contributed by atoms with Crippen molar-refractivity contribution in [2.24, 2.45) is 5.92 Å². The highest BCUT2D eigenvalue weighted by molar-refractivity contribution is 7.88. The van der Waals surface area contributed by atoms with Gasteiger partial charge in [0, 0.05) is 25.8 Å². The van der Waals surface area contributed by atoms with Gasteiger partial charge >= 0.3 is 0 Å². The van der Waals surface area contributed by atoms with Crippen LogP contribution >= 0.6 is 0 Å². The van der Waals surface area contributed by atoms with Crippen LogP contribution in [0.1, 0.15) is 25.1 Å². The Bertz CT molecular complexity index is 547. The molecule has 1 atom stereocenters. The van der Waals surface area contributed by atoms with Crippen LogP contribution in [0.25, 0.3) is 0 Å². The van der Waals surface area contributed by atoms with E-state index in [1.807, 2.05) is 13.0 Å². The minimum absolute atomic E-state index is 0.508. The van der Waals surface area contributed by atoms with Gasteiger partial charge in [0.25, 0.3) is 0 Å². The molecule has 0 spiro atoms. The Balaban J connectivity index is 1.88. The fraction of sp³-hybridized carbons (Fsp3) is 0.692. The van der Waals surface area contributed by atoms with Crippen LogP contribution in [0, 0.1) is 12.8 Å². The maximum atomic E-state index is 11.1. The molecule has 6 nitrogen and oxygen atoms in total. The number of rotatable bonds is 5. The minimum Gasteiger partial charge on any atom is -0.356 e. The third-order valence-electron chi connectivity index (χ3n) is 3.52. The van der Waals surface area contributed by atoms with Gasteiger partial charge in [0.05, 0.1) is 6.26 Å². The van der Waals surface area contributed by atoms with Gasteiger partial charge < -0.3 is 4.90 Å². The van der Waals surface area contributed by atoms with Crippen molar-refractivity contribution in [1.82, 2.24) is 14.7 Å². The van der Waals surface area contributed by atoms with E-state index in [-0.39, 0.29) is 0 Å². The van der Waals surface area contributed by atoms with E-state index in [9.17, 15) is 8.42 Å². The van der Waals surface area contributed by atoms with Gasteiger partial charge in [0.1, 0.15) is 11.6 Å². The molecule has 112 valence electrons. The number of nitrogens with zero attached hydrogens (tertiary/aromatic N) is 3. The van der Waals surface area contributed by atoms with Crippen molar-refractivity contribution in [3.63, 3.8) is 0 Å². The standard InChI is InChI=1S/C13H22N4O2S/c1-11-14-7-6-13(16-11)17-9-3-4-12(10-17)5-8-15-20(2,18)19/h6-7,12,15H,3-5,8-10H2,1-2H3/t12-/m1/s1. The van der Waals surface area contributed by atoms with E-state index in [2.05, 4.69) is 19.6 Å². The first-order valence-electron chi connectivity index (χ1n) is 6.93. The molecule has 1 aromatic heterocycles. The maximum absolute atomic E-state index is 11.1. The lowest BCUT2D eigenvalue weighted by Crippen LogP contribution is -2.37. The highest BCUT2D eigenvalue weighted by Gasteiger charge is 2.21. The predicted molar refractivity (Wildman–Crippen MR) is 79.2 cm³/mol. The monoisotopic (exact) mass is 298 g/mol. The molecule has 1 aliphatic heterocycles. The van der Waals surface area contributed by atoms with Crippen LogP contribution in [0.4, 0.5) is 5.82 Å². The van der Waals surface area contributed by atoms with Crippen molar-refractivity contribution < 1.29 is 8.42 Å². The number of aryl methyl sites for hydroxylation is 1. The Morgan fingerprint density at radius 3 is 3.00 bits per heavy atom. The lowest BCUT2D eigenvalue weighted by atomic mass is 9.95. The van der Waals surface area contributed by atoms with Gasteiger partial charge in [-0.05, 0) is 38.2 Å². The van der Waals surface area contributed by atoms with Crippen LogP contribution in [0.3, 0.4) is 0 Å². The molecule has 7 heteroatoms. The SMILES string of the molecule is Cc1nccc(N2CCC[C@H](CCNS(C)(=O)=O)C2)n1. The Kier molecular flexibility index (Phi) is 4.93. The van der Waals surface area contributed by atoms with Gasteiger partial charge in [-0.2, -0.15) is 0 Å². The quantitative estimate of drug-likeness (QED) is 0.875. The normalized spacial score (nSPS) is 20.1. The average Bonchev–Trinajstić information content (AvgIpc) is 2.38. The topological polar surface area (TPSA) is 75.2 Å². The molecule has 0 saturated carbocycles. The third-order valence-corrected chi connectivity index (χ3v) is 4.25. The molecule has 1 N–H and O–H groups in total. The Morgan fingerprint density at radius 2 is 2.30 bits per heavy atom. The minimum atomic E-state index is -3.08. The summed E-state index contributed by atoms with van der Waals surface area (Å²) in [5, 5.41) is 0. The summed E-state index contributed by atoms with van der Waals surface area (Å²) in [5.74, 6) is 2.26. The van der Waals surface area contributed by atoms with Crippen molar-refractivity contribution >= 4 is 15.8 Å². The van der Waals surface area contributed by atoms with E-state index in [1.165, 1.54) is 6.26 Å². The van der Waals surface area contributed by atoms with Gasteiger partial charge in [0.2, 0.25) is 10.0 Å². The molecule has 0 aromatic carbocycles. The number of nitrogens with one attached hydrogen (secondary N) is 1. The molecule has 2 rings (SSSR count). The van der Waals surface area contributed by atoms with Gasteiger partial charge in [-0.15, -0.1) is 0 Å². The molecular formula is C13H22N4O2S. The van der Waals surface area contributed by atoms with Crippen LogP contribution in [0.2, 0.25) is 0 Å². The zero-order valence-corrected chi connectivity index (χ0v) is 12.9. The summed E-state index contributed by atoms with van der Waals surface area (Å²) >= 11 is 0. The number of aromatic nitrogens is 2. The van der Waals surface area contributed by atoms with Crippen LogP contribution < -0.4 is 9.62 Å². The fourth-order valence-corrected chi connectivity index (χ4v) is 3.07. The highest BCUT2D eigenvalue weighted by atomic mass is 32.2. The molecule has 1 saturated heterocycles. The molecule has 2 heterocycles. The number of piperidine rings is 1. The summed E-state index contributed by atoms with van der Waals surface area (Å²) in [6.45, 7) is 4.34. The van der Waals surface area contributed by atoms with Gasteiger partial charge in [-0.1, -0.05) is 0 Å². The smallest absolute Gasteiger partial charge is 0.208 e. The second kappa shape index (κ2) is 6.49. The second-order valence-electron chi connectivity index (χ2n) is 5.37. The van der Waals surface area contributed by atoms with Crippen molar-refractivity contribution in [1.29, 1.82) is 0 Å². The van der Waals surface area contributed by atoms with Crippen molar-refractivity contribution in [3.8, 4) is 0 Å². The first-order valence-corrected chi connectivity index (χ1v) is 8.82. The molecule has 0 radical (unpaired) electrons. The first kappa shape index (κ1) is 15.2. The summed E-state index contributed by atoms with van der Waals surface area (Å²) in [6.07, 6.45) is 6.11. The van der Waals surface area contributed by atoms with E-state index in [4.69, 9.17) is 0 Å². The van der Waals surface area contributed by atoms with Crippen LogP contribution in [0.5, 0.6) is 0 Å². The molecule has 0 aliphatic carbocycles. The number of anilines is 1. The number of hydrogen-bond acceptors (Lipinski definition) is 5. The maximum Gasteiger partial charge on any atom is 0.208 e. The Labute approximate surface area is 120 Å². The van der Waals surface area contributed by atoms with Gasteiger partial charge in [-0.25, -0.2) is 23.1 Å². The first-order chi connectivity index (χ1) is 9.44. The molecule has 0 bridgehead atoms. The number of sulfonamides is 1. The Morgan fingerprint density at radius 1 is 1.50 bits per heavy atom. The summed E-state index contributed by atoms with van der Waals surface area (Å²) in [4.78, 5) is 10.8. The fourth-order valence-electron chi connectivity index (χ4n) is 2.58. The molecule has 1 aromatic rings. The van der Waals surface area contributed by atoms with Gasteiger partial charge in [0.15, 0.2) is 0 Å². The summed E-state index contributed by atoms with van der Waals surface area (Å²) in [7, 11) is -3.08. The molecule has 20 heavy (non-hydrogen) atoms. The third kappa shape index (κ3) is 4.72. The lowest BCUT2D eigenvalue weighted by molar-refractivity contribution is 0.389. The van der Waals surface area contributed by atoms with Crippen molar-refractivity contribution in [2.45, 2.75) is 26.2 Å². The Hall–Kier alpha value is -1.21. The zero-order valence-electron chi connectivity index (χ0n) is 12.0. The molecular weight excluding hydrogens is 276 g/mol. The van der Waals surface area contributed by atoms with Crippen LogP contribution in [0.15, 0.2) is 12.3 Å². The predicted octanol–water partition coefficient (Wildman–Crippen LogP) is 0.941. The van der Waals surface area contributed by atoms with Crippen LogP contribution in [-0.2, 0) is 10.0 Å². The van der Waals surface area contributed by atoms with Gasteiger partial charge in [-0.3, -0.25) is 0 Å². The summed E-state index contributed by atoms with van der Waals surface area (Å²) < 4.78 is 24.7. The van der Waals surface area contributed by atoms with E-state index < -0.39 is 10.0 Å². The van der Waals surface area contributed by atoms with E-state index in [1.54, 1.807) is 6.20 Å². The summed E-state index contributed by atoms with van der Waals surface area (Å²) in [5.41, 5.74) is 0. The second-order valence-corrected chi connectivity index (χ2v) is 7.20. The molecule has 1 fully saturated rings. The summed E-state index contributed by atoms with van der Waals surface area (Å²) in [6, 6.07) is 1.93. The van der Waals surface area contributed by atoms with Crippen molar-refractivity contribution in [2.75, 3.05) is 30.8 Å². The zero-order chi connectivity index (χ0) is 14.6. The average molecular weight is 298 g/mol. The highest BCUT2D eigenvalue weighted by Crippen LogP contribution is 2.23. The molecule has 0 amide bonds. The van der Waals surface area contributed by atoms with E-state index in [0.717, 1.165) is 44.0 Å². The van der Waals surface area contributed by atoms with E-state index in [0.29, 0.717) is 12.5 Å².